The zero-order valence-electron chi connectivity index (χ0n) is 15.2. The van der Waals surface area contributed by atoms with Gasteiger partial charge in [-0.2, -0.15) is 0 Å². The Bertz CT molecular complexity index is 421. The van der Waals surface area contributed by atoms with Crippen molar-refractivity contribution in [3.8, 4) is 0 Å². The summed E-state index contributed by atoms with van der Waals surface area (Å²) in [7, 11) is 0. The van der Waals surface area contributed by atoms with E-state index in [-0.39, 0.29) is 29.4 Å². The van der Waals surface area contributed by atoms with Crippen molar-refractivity contribution in [2.75, 3.05) is 26.2 Å². The molecule has 5 heteroatoms. The van der Waals surface area contributed by atoms with E-state index < -0.39 is 5.41 Å². The van der Waals surface area contributed by atoms with Crippen LogP contribution in [-0.2, 0) is 9.53 Å². The number of ether oxygens (including phenoxy) is 1. The maximum absolute atomic E-state index is 12.7. The highest BCUT2D eigenvalue weighted by atomic mass is 16.5. The second-order valence-electron chi connectivity index (χ2n) is 8.67. The lowest BCUT2D eigenvalue weighted by Crippen LogP contribution is -2.45. The van der Waals surface area contributed by atoms with Gasteiger partial charge in [-0.25, -0.2) is 4.79 Å². The van der Waals surface area contributed by atoms with Crippen LogP contribution >= 0.6 is 0 Å². The molecule has 128 valence electrons. The number of nitrogens with zero attached hydrogens (tertiary/aromatic N) is 1. The fraction of sp³-hybridized carbons (Fsp3) is 0.882. The molecule has 1 fully saturated rings. The second kappa shape index (κ2) is 6.47. The van der Waals surface area contributed by atoms with Crippen molar-refractivity contribution >= 4 is 12.0 Å². The fourth-order valence-electron chi connectivity index (χ4n) is 2.84. The van der Waals surface area contributed by atoms with Crippen LogP contribution < -0.4 is 5.32 Å². The molecule has 2 amide bonds. The highest BCUT2D eigenvalue weighted by Gasteiger charge is 2.47. The monoisotopic (exact) mass is 312 g/mol. The topological polar surface area (TPSA) is 58.6 Å². The smallest absolute Gasteiger partial charge is 0.317 e. The Labute approximate surface area is 134 Å². The number of carbonyl (C=O) groups is 2. The van der Waals surface area contributed by atoms with E-state index in [2.05, 4.69) is 46.9 Å². The molecule has 22 heavy (non-hydrogen) atoms. The highest BCUT2D eigenvalue weighted by Crippen LogP contribution is 2.47. The van der Waals surface area contributed by atoms with E-state index in [0.717, 1.165) is 6.42 Å². The minimum absolute atomic E-state index is 0.0376. The fourth-order valence-corrected chi connectivity index (χ4v) is 2.84. The summed E-state index contributed by atoms with van der Waals surface area (Å²) in [5, 5.41) is 2.74. The van der Waals surface area contributed by atoms with Crippen LogP contribution in [0.25, 0.3) is 0 Å². The Morgan fingerprint density at radius 2 is 1.77 bits per heavy atom. The molecular formula is C17H32N2O3. The van der Waals surface area contributed by atoms with Gasteiger partial charge in [-0.15, -0.1) is 0 Å². The van der Waals surface area contributed by atoms with Gasteiger partial charge in [0.25, 0.3) is 0 Å². The highest BCUT2D eigenvalue weighted by molar-refractivity contribution is 5.78. The average Bonchev–Trinajstić information content (AvgIpc) is 2.71. The number of amides is 2. The van der Waals surface area contributed by atoms with E-state index in [9.17, 15) is 9.59 Å². The van der Waals surface area contributed by atoms with E-state index in [4.69, 9.17) is 4.74 Å². The van der Waals surface area contributed by atoms with Crippen LogP contribution in [-0.4, -0.2) is 43.1 Å². The first kappa shape index (κ1) is 18.8. The Balaban J connectivity index is 2.66. The second-order valence-corrected chi connectivity index (χ2v) is 8.67. The number of urea groups is 1. The van der Waals surface area contributed by atoms with Gasteiger partial charge >= 0.3 is 12.0 Å². The molecule has 1 heterocycles. The molecule has 0 bridgehead atoms. The number of esters is 1. The number of hydrogen-bond donors (Lipinski definition) is 1. The lowest BCUT2D eigenvalue weighted by Gasteiger charge is -2.43. The quantitative estimate of drug-likeness (QED) is 0.794. The molecule has 0 aromatic heterocycles. The van der Waals surface area contributed by atoms with Crippen LogP contribution in [0.15, 0.2) is 0 Å². The largest absolute Gasteiger partial charge is 0.463 e. The van der Waals surface area contributed by atoms with Gasteiger partial charge in [0.2, 0.25) is 0 Å². The van der Waals surface area contributed by atoms with Crippen LogP contribution in [0.3, 0.4) is 0 Å². The van der Waals surface area contributed by atoms with E-state index in [1.54, 1.807) is 4.90 Å². The van der Waals surface area contributed by atoms with Gasteiger partial charge in [0.05, 0.1) is 12.0 Å². The van der Waals surface area contributed by atoms with Crippen molar-refractivity contribution in [1.82, 2.24) is 10.2 Å². The molecule has 1 rings (SSSR count). The molecule has 1 atom stereocenters. The lowest BCUT2D eigenvalue weighted by molar-refractivity contribution is -0.165. The first-order valence-electron chi connectivity index (χ1n) is 8.07. The van der Waals surface area contributed by atoms with Crippen molar-refractivity contribution in [2.24, 2.45) is 16.2 Å². The molecule has 1 saturated heterocycles. The van der Waals surface area contributed by atoms with E-state index in [1.807, 2.05) is 6.92 Å². The molecule has 1 aliphatic rings. The predicted molar refractivity (Wildman–Crippen MR) is 87.6 cm³/mol. The summed E-state index contributed by atoms with van der Waals surface area (Å²) in [5.74, 6) is -0.172. The van der Waals surface area contributed by atoms with Gasteiger partial charge in [0, 0.05) is 13.1 Å². The molecule has 5 nitrogen and oxygen atoms in total. The van der Waals surface area contributed by atoms with Gasteiger partial charge in [0.1, 0.15) is 6.61 Å². The van der Waals surface area contributed by atoms with E-state index in [1.165, 1.54) is 0 Å². The summed E-state index contributed by atoms with van der Waals surface area (Å²) in [6.07, 6.45) is 0.756. The molecular weight excluding hydrogens is 280 g/mol. The Hall–Kier alpha value is -1.26. The number of rotatable bonds is 5. The zero-order valence-corrected chi connectivity index (χ0v) is 15.2. The maximum Gasteiger partial charge on any atom is 0.317 e. The zero-order chi connectivity index (χ0) is 17.2. The first-order valence-corrected chi connectivity index (χ1v) is 8.07. The molecule has 1 unspecified atom stereocenters. The summed E-state index contributed by atoms with van der Waals surface area (Å²) in [4.78, 5) is 25.8. The van der Waals surface area contributed by atoms with Gasteiger partial charge in [0.15, 0.2) is 0 Å². The predicted octanol–water partition coefficient (Wildman–Crippen LogP) is 3.04. The molecule has 1 aliphatic heterocycles. The Morgan fingerprint density at radius 1 is 1.18 bits per heavy atom. The van der Waals surface area contributed by atoms with Crippen LogP contribution in [0.5, 0.6) is 0 Å². The SMILES string of the molecule is CC(C)(C)CC(C)(C(=O)OCCN1CCNC1=O)C(C)(C)C. The first-order chi connectivity index (χ1) is 9.87. The number of hydrogen-bond acceptors (Lipinski definition) is 3. The Kier molecular flexibility index (Phi) is 5.52. The summed E-state index contributed by atoms with van der Waals surface area (Å²) in [6.45, 7) is 16.7. The number of carbonyl (C=O) groups excluding carboxylic acids is 2. The van der Waals surface area contributed by atoms with E-state index in [0.29, 0.717) is 19.6 Å². The normalized spacial score (nSPS) is 18.9. The minimum Gasteiger partial charge on any atom is -0.463 e. The third-order valence-electron chi connectivity index (χ3n) is 4.53. The summed E-state index contributed by atoms with van der Waals surface area (Å²) in [6, 6.07) is -0.0793. The van der Waals surface area contributed by atoms with Crippen LogP contribution in [0, 0.1) is 16.2 Å². The van der Waals surface area contributed by atoms with Crippen LogP contribution in [0.4, 0.5) is 4.79 Å². The van der Waals surface area contributed by atoms with Crippen molar-refractivity contribution < 1.29 is 14.3 Å². The van der Waals surface area contributed by atoms with Crippen LogP contribution in [0.1, 0.15) is 54.9 Å². The third-order valence-corrected chi connectivity index (χ3v) is 4.53. The average molecular weight is 312 g/mol. The summed E-state index contributed by atoms with van der Waals surface area (Å²) in [5.41, 5.74) is -0.712. The molecule has 0 aliphatic carbocycles. The van der Waals surface area contributed by atoms with Gasteiger partial charge in [-0.1, -0.05) is 41.5 Å². The lowest BCUT2D eigenvalue weighted by atomic mass is 9.61. The van der Waals surface area contributed by atoms with E-state index >= 15 is 0 Å². The molecule has 0 aromatic rings. The van der Waals surface area contributed by atoms with Gasteiger partial charge in [-0.3, -0.25) is 4.79 Å². The van der Waals surface area contributed by atoms with Gasteiger partial charge in [-0.05, 0) is 24.2 Å². The maximum atomic E-state index is 12.7. The molecule has 0 radical (unpaired) electrons. The van der Waals surface area contributed by atoms with Crippen LogP contribution in [0.2, 0.25) is 0 Å². The summed E-state index contributed by atoms with van der Waals surface area (Å²) >= 11 is 0. The van der Waals surface area contributed by atoms with Crippen molar-refractivity contribution in [3.05, 3.63) is 0 Å². The molecule has 1 N–H and O–H groups in total. The molecule has 0 saturated carbocycles. The number of nitrogens with one attached hydrogen (secondary N) is 1. The third kappa shape index (κ3) is 4.62. The van der Waals surface area contributed by atoms with Gasteiger partial charge < -0.3 is 15.0 Å². The Morgan fingerprint density at radius 3 is 2.18 bits per heavy atom. The summed E-state index contributed by atoms with van der Waals surface area (Å²) < 4.78 is 5.53. The molecule has 0 spiro atoms. The standard InChI is InChI=1S/C17H32N2O3/c1-15(2,3)12-17(7,16(4,5)6)13(20)22-11-10-19-9-8-18-14(19)21/h8-12H2,1-7H3,(H,18,21). The van der Waals surface area contributed by atoms with Crippen molar-refractivity contribution in [1.29, 1.82) is 0 Å². The minimum atomic E-state index is -0.557. The van der Waals surface area contributed by atoms with Crippen molar-refractivity contribution in [2.45, 2.75) is 54.9 Å². The molecule has 0 aromatic carbocycles. The van der Waals surface area contributed by atoms with Crippen molar-refractivity contribution in [3.63, 3.8) is 0 Å².